The monoisotopic (exact) mass is 243 g/mol. The zero-order chi connectivity index (χ0) is 11.7. The van der Waals surface area contributed by atoms with E-state index in [0.717, 1.165) is 26.5 Å². The van der Waals surface area contributed by atoms with Crippen LogP contribution in [0.2, 0.25) is 0 Å². The topological polar surface area (TPSA) is 58.6 Å². The maximum absolute atomic E-state index is 10.3. The smallest absolute Gasteiger partial charge is 0.405 e. The Bertz CT molecular complexity index is 282. The average molecular weight is 243 g/mol. The van der Waals surface area contributed by atoms with Gasteiger partial charge in [-0.1, -0.05) is 30.3 Å². The molecular formula is C9H17NO3Si2. The second-order valence-corrected chi connectivity index (χ2v) is 6.26. The Balaban J connectivity index is 0.000000583. The molecule has 1 aromatic carbocycles. The van der Waals surface area contributed by atoms with Gasteiger partial charge in [-0.05, 0) is 12.5 Å². The number of benzene rings is 1. The Hall–Kier alpha value is -1.12. The molecule has 1 rings (SSSR count). The van der Waals surface area contributed by atoms with Crippen LogP contribution in [0.3, 0.4) is 0 Å². The number of carbonyl (C=O) groups is 1. The Kier molecular flexibility index (Phi) is 7.60. The molecule has 1 unspecified atom stereocenters. The predicted octanol–water partition coefficient (Wildman–Crippen LogP) is -0.421. The van der Waals surface area contributed by atoms with Crippen LogP contribution in [0.1, 0.15) is 18.5 Å². The first kappa shape index (κ1) is 13.9. The highest BCUT2D eigenvalue weighted by Gasteiger charge is 2.05. The molecule has 6 heteroatoms. The van der Waals surface area contributed by atoms with Crippen LogP contribution in [-0.4, -0.2) is 32.2 Å². The largest absolute Gasteiger partial charge is 0.471 e. The standard InChI is InChI=1S/C9H11NO2.H6OSi2/c1-7(10-9(11)12)8-5-3-2-4-6-8;2-1-3/h2-7,10H,1H3,(H,11,12);2-3H3. The molecule has 2 N–H and O–H groups in total. The van der Waals surface area contributed by atoms with E-state index in [9.17, 15) is 4.79 Å². The van der Waals surface area contributed by atoms with Gasteiger partial charge in [0, 0.05) is 0 Å². The van der Waals surface area contributed by atoms with Crippen LogP contribution in [0.4, 0.5) is 4.79 Å². The highest BCUT2D eigenvalue weighted by Crippen LogP contribution is 2.10. The number of hydrogen-bond acceptors (Lipinski definition) is 2. The molecule has 1 aromatic rings. The van der Waals surface area contributed by atoms with Crippen LogP contribution < -0.4 is 5.32 Å². The van der Waals surface area contributed by atoms with E-state index in [-0.39, 0.29) is 6.04 Å². The molecule has 0 aliphatic carbocycles. The second-order valence-electron chi connectivity index (χ2n) is 2.99. The third-order valence-corrected chi connectivity index (χ3v) is 1.64. The van der Waals surface area contributed by atoms with Crippen molar-refractivity contribution in [3.05, 3.63) is 35.9 Å². The first-order valence-electron chi connectivity index (χ1n) is 4.56. The summed E-state index contributed by atoms with van der Waals surface area (Å²) in [4.78, 5) is 10.3. The van der Waals surface area contributed by atoms with E-state index in [1.807, 2.05) is 37.3 Å². The lowest BCUT2D eigenvalue weighted by Crippen LogP contribution is -2.24. The summed E-state index contributed by atoms with van der Waals surface area (Å²) >= 11 is 0. The summed E-state index contributed by atoms with van der Waals surface area (Å²) in [5.41, 5.74) is 0.972. The van der Waals surface area contributed by atoms with Crippen molar-refractivity contribution >= 4 is 27.1 Å². The molecule has 0 fully saturated rings. The summed E-state index contributed by atoms with van der Waals surface area (Å²) < 4.78 is 4.53. The highest BCUT2D eigenvalue weighted by molar-refractivity contribution is 6.15. The van der Waals surface area contributed by atoms with Crippen molar-refractivity contribution < 1.29 is 14.0 Å². The van der Waals surface area contributed by atoms with E-state index in [1.165, 1.54) is 0 Å². The van der Waals surface area contributed by atoms with Crippen LogP contribution in [0.25, 0.3) is 0 Å². The minimum atomic E-state index is -0.994. The SMILES string of the molecule is CC(NC(=O)O)c1ccccc1.[SiH3]O[SiH3]. The lowest BCUT2D eigenvalue weighted by atomic mass is 10.1. The molecule has 1 atom stereocenters. The minimum Gasteiger partial charge on any atom is -0.471 e. The second kappa shape index (κ2) is 8.21. The summed E-state index contributed by atoms with van der Waals surface area (Å²) in [6, 6.07) is 9.30. The molecule has 0 aliphatic rings. The molecular weight excluding hydrogens is 226 g/mol. The van der Waals surface area contributed by atoms with Gasteiger partial charge < -0.3 is 14.5 Å². The van der Waals surface area contributed by atoms with Gasteiger partial charge in [-0.3, -0.25) is 0 Å². The fraction of sp³-hybridized carbons (Fsp3) is 0.222. The number of carboxylic acid groups (broad SMARTS) is 1. The fourth-order valence-corrected chi connectivity index (χ4v) is 1.01. The Morgan fingerprint density at radius 3 is 2.27 bits per heavy atom. The molecule has 0 aliphatic heterocycles. The first-order valence-corrected chi connectivity index (χ1v) is 6.19. The molecule has 0 bridgehead atoms. The molecule has 84 valence electrons. The van der Waals surface area contributed by atoms with E-state index in [4.69, 9.17) is 5.11 Å². The molecule has 0 radical (unpaired) electrons. The molecule has 0 aromatic heterocycles. The zero-order valence-corrected chi connectivity index (χ0v) is 13.2. The van der Waals surface area contributed by atoms with Crippen molar-refractivity contribution in [1.29, 1.82) is 0 Å². The fourth-order valence-electron chi connectivity index (χ4n) is 1.01. The Labute approximate surface area is 95.7 Å². The van der Waals surface area contributed by atoms with Gasteiger partial charge >= 0.3 is 6.09 Å². The number of amides is 1. The average Bonchev–Trinajstić information content (AvgIpc) is 2.19. The summed E-state index contributed by atoms with van der Waals surface area (Å²) in [6.45, 7) is 1.81. The van der Waals surface area contributed by atoms with Crippen molar-refractivity contribution in [2.45, 2.75) is 13.0 Å². The van der Waals surface area contributed by atoms with Gasteiger partial charge in [0.05, 0.1) is 6.04 Å². The van der Waals surface area contributed by atoms with Crippen molar-refractivity contribution in [3.63, 3.8) is 0 Å². The van der Waals surface area contributed by atoms with E-state index < -0.39 is 6.09 Å². The summed E-state index contributed by atoms with van der Waals surface area (Å²) in [5.74, 6) is 0. The maximum Gasteiger partial charge on any atom is 0.405 e. The number of rotatable bonds is 2. The molecule has 0 spiro atoms. The first-order chi connectivity index (χ1) is 7.11. The van der Waals surface area contributed by atoms with Crippen molar-refractivity contribution in [2.75, 3.05) is 0 Å². The van der Waals surface area contributed by atoms with Gasteiger partial charge in [-0.25, -0.2) is 4.79 Å². The molecule has 0 saturated carbocycles. The van der Waals surface area contributed by atoms with E-state index in [2.05, 4.69) is 9.43 Å². The minimum absolute atomic E-state index is 0.149. The van der Waals surface area contributed by atoms with Crippen LogP contribution in [-0.2, 0) is 4.12 Å². The van der Waals surface area contributed by atoms with E-state index >= 15 is 0 Å². The Morgan fingerprint density at radius 2 is 1.87 bits per heavy atom. The molecule has 0 saturated heterocycles. The predicted molar refractivity (Wildman–Crippen MR) is 67.0 cm³/mol. The lowest BCUT2D eigenvalue weighted by molar-refractivity contribution is 0.191. The number of nitrogens with one attached hydrogen (secondary N) is 1. The van der Waals surface area contributed by atoms with E-state index in [0.29, 0.717) is 0 Å². The van der Waals surface area contributed by atoms with Crippen LogP contribution >= 0.6 is 0 Å². The van der Waals surface area contributed by atoms with Gasteiger partial charge in [-0.2, -0.15) is 0 Å². The summed E-state index contributed by atoms with van der Waals surface area (Å²) in [7, 11) is 1.86. The van der Waals surface area contributed by atoms with Crippen molar-refractivity contribution in [1.82, 2.24) is 5.32 Å². The van der Waals surface area contributed by atoms with Crippen molar-refractivity contribution in [2.24, 2.45) is 0 Å². The van der Waals surface area contributed by atoms with Gasteiger partial charge in [0.15, 0.2) is 0 Å². The quantitative estimate of drug-likeness (QED) is 0.694. The number of hydrogen-bond donors (Lipinski definition) is 2. The summed E-state index contributed by atoms with van der Waals surface area (Å²) in [6.07, 6.45) is -0.994. The van der Waals surface area contributed by atoms with Gasteiger partial charge in [0.25, 0.3) is 0 Å². The third kappa shape index (κ3) is 6.89. The van der Waals surface area contributed by atoms with E-state index in [1.54, 1.807) is 0 Å². The van der Waals surface area contributed by atoms with Gasteiger partial charge in [0.2, 0.25) is 0 Å². The molecule has 1 amide bonds. The molecule has 15 heavy (non-hydrogen) atoms. The zero-order valence-electron chi connectivity index (χ0n) is 9.23. The summed E-state index contributed by atoms with van der Waals surface area (Å²) in [5, 5.41) is 10.8. The molecule has 4 nitrogen and oxygen atoms in total. The lowest BCUT2D eigenvalue weighted by Gasteiger charge is -2.10. The van der Waals surface area contributed by atoms with Crippen molar-refractivity contribution in [3.8, 4) is 0 Å². The van der Waals surface area contributed by atoms with Gasteiger partial charge in [-0.15, -0.1) is 0 Å². The maximum atomic E-state index is 10.3. The normalized spacial score (nSPS) is 11.3. The molecule has 0 heterocycles. The highest BCUT2D eigenvalue weighted by atomic mass is 28.3. The third-order valence-electron chi connectivity index (χ3n) is 1.64. The van der Waals surface area contributed by atoms with Crippen LogP contribution in [0.5, 0.6) is 0 Å². The van der Waals surface area contributed by atoms with Crippen LogP contribution in [0.15, 0.2) is 30.3 Å². The Morgan fingerprint density at radius 1 is 1.40 bits per heavy atom. The van der Waals surface area contributed by atoms with Gasteiger partial charge in [0.1, 0.15) is 21.0 Å². The van der Waals surface area contributed by atoms with Crippen LogP contribution in [0, 0.1) is 0 Å².